The summed E-state index contributed by atoms with van der Waals surface area (Å²) in [4.78, 5) is 12.0. The number of esters is 1. The zero-order valence-electron chi connectivity index (χ0n) is 12.8. The average molecular weight is 268 g/mol. The lowest BCUT2D eigenvalue weighted by Gasteiger charge is -2.58. The van der Waals surface area contributed by atoms with E-state index in [1.54, 1.807) is 0 Å². The first-order valence-electron chi connectivity index (χ1n) is 7.78. The number of carbonyl (C=O) groups is 1. The van der Waals surface area contributed by atoms with E-state index in [1.165, 1.54) is 0 Å². The SMILES string of the molecule is CCC[C@H](C)CC(=O)O[C@@H]1[C@H]2CCCO[C@H]2C1(C)C. The maximum atomic E-state index is 12.0. The van der Waals surface area contributed by atoms with Crippen molar-refractivity contribution in [3.05, 3.63) is 0 Å². The van der Waals surface area contributed by atoms with Crippen LogP contribution in [-0.4, -0.2) is 24.8 Å². The first-order valence-corrected chi connectivity index (χ1v) is 7.78. The van der Waals surface area contributed by atoms with Gasteiger partial charge in [0.2, 0.25) is 0 Å². The molecule has 1 saturated carbocycles. The summed E-state index contributed by atoms with van der Waals surface area (Å²) in [6.45, 7) is 9.46. The van der Waals surface area contributed by atoms with E-state index in [0.717, 1.165) is 32.3 Å². The second-order valence-electron chi connectivity index (χ2n) is 6.93. The Labute approximate surface area is 117 Å². The van der Waals surface area contributed by atoms with Crippen LogP contribution in [0.25, 0.3) is 0 Å². The van der Waals surface area contributed by atoms with E-state index in [-0.39, 0.29) is 23.6 Å². The Kier molecular flexibility index (Phi) is 4.54. The molecular formula is C16H28O3. The molecule has 0 unspecified atom stereocenters. The van der Waals surface area contributed by atoms with E-state index in [9.17, 15) is 4.79 Å². The molecule has 4 atom stereocenters. The number of ether oxygens (including phenoxy) is 2. The molecule has 0 N–H and O–H groups in total. The van der Waals surface area contributed by atoms with Gasteiger partial charge < -0.3 is 9.47 Å². The largest absolute Gasteiger partial charge is 0.461 e. The Balaban J connectivity index is 1.86. The third kappa shape index (κ3) is 2.96. The number of fused-ring (bicyclic) bond motifs is 1. The zero-order chi connectivity index (χ0) is 14.0. The van der Waals surface area contributed by atoms with Gasteiger partial charge in [-0.05, 0) is 18.8 Å². The van der Waals surface area contributed by atoms with Crippen LogP contribution in [0.4, 0.5) is 0 Å². The maximum Gasteiger partial charge on any atom is 0.306 e. The summed E-state index contributed by atoms with van der Waals surface area (Å²) in [5.41, 5.74) is -0.0191. The molecule has 0 radical (unpaired) electrons. The summed E-state index contributed by atoms with van der Waals surface area (Å²) in [6, 6.07) is 0. The molecule has 3 heteroatoms. The van der Waals surface area contributed by atoms with E-state index in [0.29, 0.717) is 18.3 Å². The summed E-state index contributed by atoms with van der Waals surface area (Å²) < 4.78 is 11.6. The Hall–Kier alpha value is -0.570. The quantitative estimate of drug-likeness (QED) is 0.715. The third-order valence-electron chi connectivity index (χ3n) is 4.78. The number of carbonyl (C=O) groups excluding carboxylic acids is 1. The third-order valence-corrected chi connectivity index (χ3v) is 4.78. The van der Waals surface area contributed by atoms with Crippen molar-refractivity contribution in [2.75, 3.05) is 6.61 Å². The lowest BCUT2D eigenvalue weighted by Crippen LogP contribution is -2.65. The molecule has 1 aliphatic heterocycles. The first kappa shape index (κ1) is 14.8. The lowest BCUT2D eigenvalue weighted by molar-refractivity contribution is -0.255. The number of rotatable bonds is 5. The summed E-state index contributed by atoms with van der Waals surface area (Å²) in [5.74, 6) is 0.830. The van der Waals surface area contributed by atoms with Crippen molar-refractivity contribution in [1.29, 1.82) is 0 Å². The van der Waals surface area contributed by atoms with Gasteiger partial charge in [-0.25, -0.2) is 0 Å². The predicted molar refractivity (Wildman–Crippen MR) is 74.8 cm³/mol. The molecule has 0 aromatic carbocycles. The van der Waals surface area contributed by atoms with Gasteiger partial charge in [0.05, 0.1) is 6.10 Å². The lowest BCUT2D eigenvalue weighted by atomic mass is 9.57. The minimum absolute atomic E-state index is 0.0191. The first-order chi connectivity index (χ1) is 8.96. The van der Waals surface area contributed by atoms with Crippen molar-refractivity contribution in [2.45, 2.75) is 72.0 Å². The monoisotopic (exact) mass is 268 g/mol. The predicted octanol–water partition coefficient (Wildman–Crippen LogP) is 3.56. The Morgan fingerprint density at radius 2 is 2.21 bits per heavy atom. The average Bonchev–Trinajstić information content (AvgIpc) is 2.36. The molecule has 1 heterocycles. The van der Waals surface area contributed by atoms with Gasteiger partial charge in [-0.2, -0.15) is 0 Å². The van der Waals surface area contributed by atoms with Gasteiger partial charge in [0, 0.05) is 24.4 Å². The zero-order valence-corrected chi connectivity index (χ0v) is 12.8. The van der Waals surface area contributed by atoms with Crippen LogP contribution < -0.4 is 0 Å². The number of hydrogen-bond donors (Lipinski definition) is 0. The standard InChI is InChI=1S/C16H28O3/c1-5-7-11(2)10-13(17)19-15-12-8-6-9-18-14(12)16(15,3)4/h11-12,14-15H,5-10H2,1-4H3/t11-,12-,14+,15+/m0/s1. The topological polar surface area (TPSA) is 35.5 Å². The van der Waals surface area contributed by atoms with E-state index in [1.807, 2.05) is 0 Å². The van der Waals surface area contributed by atoms with Crippen molar-refractivity contribution in [3.63, 3.8) is 0 Å². The summed E-state index contributed by atoms with van der Waals surface area (Å²) in [7, 11) is 0. The molecular weight excluding hydrogens is 240 g/mol. The Morgan fingerprint density at radius 3 is 2.89 bits per heavy atom. The van der Waals surface area contributed by atoms with E-state index >= 15 is 0 Å². The second kappa shape index (κ2) is 5.82. The van der Waals surface area contributed by atoms with Crippen LogP contribution in [0.5, 0.6) is 0 Å². The van der Waals surface area contributed by atoms with Gasteiger partial charge in [0.15, 0.2) is 0 Å². The molecule has 110 valence electrons. The second-order valence-corrected chi connectivity index (χ2v) is 6.93. The Morgan fingerprint density at radius 1 is 1.47 bits per heavy atom. The highest BCUT2D eigenvalue weighted by Gasteiger charge is 2.60. The highest BCUT2D eigenvalue weighted by Crippen LogP contribution is 2.53. The van der Waals surface area contributed by atoms with Crippen LogP contribution in [0.3, 0.4) is 0 Å². The van der Waals surface area contributed by atoms with E-state index in [2.05, 4.69) is 27.7 Å². The molecule has 19 heavy (non-hydrogen) atoms. The van der Waals surface area contributed by atoms with Crippen LogP contribution >= 0.6 is 0 Å². The molecule has 0 aromatic heterocycles. The molecule has 2 fully saturated rings. The van der Waals surface area contributed by atoms with Crippen molar-refractivity contribution in [2.24, 2.45) is 17.3 Å². The van der Waals surface area contributed by atoms with Gasteiger partial charge in [0.1, 0.15) is 6.10 Å². The fourth-order valence-corrected chi connectivity index (χ4v) is 3.78. The molecule has 2 aliphatic rings. The van der Waals surface area contributed by atoms with Gasteiger partial charge in [-0.3, -0.25) is 4.79 Å². The van der Waals surface area contributed by atoms with Crippen molar-refractivity contribution in [1.82, 2.24) is 0 Å². The van der Waals surface area contributed by atoms with Gasteiger partial charge in [0.25, 0.3) is 0 Å². The van der Waals surface area contributed by atoms with Gasteiger partial charge in [-0.15, -0.1) is 0 Å². The minimum Gasteiger partial charge on any atom is -0.461 e. The molecule has 2 rings (SSSR count). The highest BCUT2D eigenvalue weighted by molar-refractivity contribution is 5.70. The normalized spacial score (nSPS) is 34.0. The molecule has 3 nitrogen and oxygen atoms in total. The molecule has 0 amide bonds. The molecule has 0 spiro atoms. The van der Waals surface area contributed by atoms with Crippen molar-refractivity contribution < 1.29 is 14.3 Å². The maximum absolute atomic E-state index is 12.0. The number of hydrogen-bond acceptors (Lipinski definition) is 3. The summed E-state index contributed by atoms with van der Waals surface area (Å²) in [5, 5.41) is 0. The summed E-state index contributed by atoms with van der Waals surface area (Å²) >= 11 is 0. The van der Waals surface area contributed by atoms with Crippen LogP contribution in [0.15, 0.2) is 0 Å². The van der Waals surface area contributed by atoms with Crippen molar-refractivity contribution >= 4 is 5.97 Å². The fraction of sp³-hybridized carbons (Fsp3) is 0.938. The Bertz CT molecular complexity index is 324. The molecule has 1 aliphatic carbocycles. The van der Waals surface area contributed by atoms with Crippen LogP contribution in [-0.2, 0) is 14.3 Å². The highest BCUT2D eigenvalue weighted by atomic mass is 16.6. The van der Waals surface area contributed by atoms with Crippen LogP contribution in [0.2, 0.25) is 0 Å². The van der Waals surface area contributed by atoms with E-state index < -0.39 is 0 Å². The van der Waals surface area contributed by atoms with Crippen LogP contribution in [0, 0.1) is 17.3 Å². The smallest absolute Gasteiger partial charge is 0.306 e. The molecule has 0 bridgehead atoms. The fourth-order valence-electron chi connectivity index (χ4n) is 3.78. The van der Waals surface area contributed by atoms with Gasteiger partial charge >= 0.3 is 5.97 Å². The summed E-state index contributed by atoms with van der Waals surface area (Å²) in [6.07, 6.45) is 5.35. The molecule has 0 aromatic rings. The van der Waals surface area contributed by atoms with E-state index in [4.69, 9.17) is 9.47 Å². The van der Waals surface area contributed by atoms with Crippen molar-refractivity contribution in [3.8, 4) is 0 Å². The molecule has 1 saturated heterocycles. The van der Waals surface area contributed by atoms with Gasteiger partial charge in [-0.1, -0.05) is 40.5 Å². The minimum atomic E-state index is -0.0250. The van der Waals surface area contributed by atoms with Crippen LogP contribution in [0.1, 0.15) is 59.8 Å².